The highest BCUT2D eigenvalue weighted by Crippen LogP contribution is 2.31. The first-order chi connectivity index (χ1) is 16.1. The average Bonchev–Trinajstić information content (AvgIpc) is 3.28. The smallest absolute Gasteiger partial charge is 0.311 e. The van der Waals surface area contributed by atoms with Crippen LogP contribution in [0.25, 0.3) is 11.0 Å². The Hall–Kier alpha value is -3.37. The third kappa shape index (κ3) is 5.07. The molecule has 176 valence electrons. The summed E-state index contributed by atoms with van der Waals surface area (Å²) in [6, 6.07) is 13.3. The minimum atomic E-state index is -4.72. The summed E-state index contributed by atoms with van der Waals surface area (Å²) in [7, 11) is 0. The second kappa shape index (κ2) is 9.47. The summed E-state index contributed by atoms with van der Waals surface area (Å²) in [6.07, 6.45) is -3.41. The van der Waals surface area contributed by atoms with E-state index in [0.29, 0.717) is 28.0 Å². The molecule has 0 saturated carbocycles. The maximum atomic E-state index is 13.4. The molecule has 1 amide bonds. The van der Waals surface area contributed by atoms with Crippen molar-refractivity contribution < 1.29 is 18.0 Å². The summed E-state index contributed by atoms with van der Waals surface area (Å²) in [5, 5.41) is 9.13. The Morgan fingerprint density at radius 3 is 2.56 bits per heavy atom. The van der Waals surface area contributed by atoms with Gasteiger partial charge in [-0.3, -0.25) is 4.79 Å². The number of alkyl halides is 3. The number of benzene rings is 2. The van der Waals surface area contributed by atoms with Crippen molar-refractivity contribution in [2.45, 2.75) is 26.2 Å². The average molecular weight is 509 g/mol. The normalized spacial score (nSPS) is 12.1. The summed E-state index contributed by atoms with van der Waals surface area (Å²) in [6.45, 7) is 1.50. The molecule has 0 saturated heterocycles. The van der Waals surface area contributed by atoms with Gasteiger partial charge in [0.1, 0.15) is 11.7 Å². The van der Waals surface area contributed by atoms with Crippen LogP contribution in [0.4, 0.5) is 13.2 Å². The van der Waals surface area contributed by atoms with Crippen LogP contribution in [0.2, 0.25) is 10.2 Å². The topological polar surface area (TPSA) is 77.1 Å². The lowest BCUT2D eigenvalue weighted by Gasteiger charge is -2.10. The molecule has 0 radical (unpaired) electrons. The Labute approximate surface area is 201 Å². The molecule has 4 aromatic rings. The number of nitrogens with one attached hydrogen (secondary N) is 1. The molecule has 0 aliphatic carbocycles. The van der Waals surface area contributed by atoms with Crippen LogP contribution in [0, 0.1) is 6.92 Å². The van der Waals surface area contributed by atoms with E-state index >= 15 is 0 Å². The van der Waals surface area contributed by atoms with E-state index in [1.54, 1.807) is 35.9 Å². The molecule has 1 N–H and O–H groups in total. The van der Waals surface area contributed by atoms with Crippen LogP contribution in [0.1, 0.15) is 22.6 Å². The zero-order chi connectivity index (χ0) is 24.5. The Kier molecular flexibility index (Phi) is 6.63. The lowest BCUT2D eigenvalue weighted by molar-refractivity contribution is -0.147. The maximum absolute atomic E-state index is 13.4. The number of hydrazone groups is 1. The molecule has 2 aromatic carbocycles. The monoisotopic (exact) mass is 508 g/mol. The number of amides is 1. The van der Waals surface area contributed by atoms with Gasteiger partial charge in [0.15, 0.2) is 0 Å². The molecule has 0 bridgehead atoms. The van der Waals surface area contributed by atoms with E-state index in [9.17, 15) is 18.0 Å². The highest BCUT2D eigenvalue weighted by Gasteiger charge is 2.38. The second-order valence-electron chi connectivity index (χ2n) is 7.38. The molecule has 4 rings (SSSR count). The zero-order valence-electron chi connectivity index (χ0n) is 17.6. The Morgan fingerprint density at radius 1 is 1.15 bits per heavy atom. The van der Waals surface area contributed by atoms with Gasteiger partial charge >= 0.3 is 6.18 Å². The van der Waals surface area contributed by atoms with Crippen LogP contribution < -0.4 is 5.43 Å². The van der Waals surface area contributed by atoms with Crippen molar-refractivity contribution in [2.75, 3.05) is 0 Å². The highest BCUT2D eigenvalue weighted by atomic mass is 35.5. The number of nitrogens with zero attached hydrogens (tertiary/aromatic N) is 5. The van der Waals surface area contributed by atoms with Gasteiger partial charge in [-0.2, -0.15) is 23.4 Å². The number of imidazole rings is 1. The van der Waals surface area contributed by atoms with Crippen LogP contribution in [0.5, 0.6) is 0 Å². The minimum Gasteiger partial charge on any atom is -0.311 e. The van der Waals surface area contributed by atoms with Crippen molar-refractivity contribution >= 4 is 46.4 Å². The number of hydrogen-bond acceptors (Lipinski definition) is 4. The number of aryl methyl sites for hydroxylation is 1. The van der Waals surface area contributed by atoms with E-state index in [-0.39, 0.29) is 11.0 Å². The quantitative estimate of drug-likeness (QED) is 0.292. The first-order valence-electron chi connectivity index (χ1n) is 9.95. The third-order valence-electron chi connectivity index (χ3n) is 4.95. The van der Waals surface area contributed by atoms with Gasteiger partial charge in [0, 0.05) is 5.02 Å². The molecular formula is C22H17Cl2F3N6O. The van der Waals surface area contributed by atoms with E-state index < -0.39 is 24.5 Å². The number of fused-ring (bicyclic) bond motifs is 1. The van der Waals surface area contributed by atoms with Gasteiger partial charge in [0.2, 0.25) is 5.82 Å². The zero-order valence-corrected chi connectivity index (χ0v) is 19.2. The van der Waals surface area contributed by atoms with E-state index in [1.807, 2.05) is 12.1 Å². The molecule has 2 aromatic heterocycles. The molecule has 0 aliphatic rings. The van der Waals surface area contributed by atoms with Crippen molar-refractivity contribution in [1.29, 1.82) is 0 Å². The molecule has 0 fully saturated rings. The number of halogens is 5. The van der Waals surface area contributed by atoms with Gasteiger partial charge in [-0.25, -0.2) is 15.1 Å². The van der Waals surface area contributed by atoms with E-state index in [4.69, 9.17) is 23.2 Å². The summed E-state index contributed by atoms with van der Waals surface area (Å²) in [4.78, 5) is 16.0. The number of para-hydroxylation sites is 2. The molecule has 34 heavy (non-hydrogen) atoms. The fraction of sp³-hybridized carbons (Fsp3) is 0.182. The largest absolute Gasteiger partial charge is 0.449 e. The summed E-state index contributed by atoms with van der Waals surface area (Å²) in [5.74, 6) is -1.91. The van der Waals surface area contributed by atoms with Crippen molar-refractivity contribution in [3.8, 4) is 0 Å². The predicted molar refractivity (Wildman–Crippen MR) is 123 cm³/mol. The fourth-order valence-electron chi connectivity index (χ4n) is 3.38. The molecule has 0 aliphatic heterocycles. The lowest BCUT2D eigenvalue weighted by atomic mass is 10.2. The van der Waals surface area contributed by atoms with Gasteiger partial charge in [0.05, 0.1) is 35.1 Å². The summed E-state index contributed by atoms with van der Waals surface area (Å²) >= 11 is 12.3. The van der Waals surface area contributed by atoms with Crippen molar-refractivity contribution in [3.05, 3.63) is 81.4 Å². The van der Waals surface area contributed by atoms with Gasteiger partial charge in [-0.1, -0.05) is 47.5 Å². The van der Waals surface area contributed by atoms with Crippen molar-refractivity contribution in [1.82, 2.24) is 24.8 Å². The van der Waals surface area contributed by atoms with Crippen molar-refractivity contribution in [3.63, 3.8) is 0 Å². The van der Waals surface area contributed by atoms with E-state index in [0.717, 1.165) is 10.1 Å². The van der Waals surface area contributed by atoms with E-state index in [2.05, 4.69) is 20.6 Å². The third-order valence-corrected chi connectivity index (χ3v) is 5.60. The molecule has 2 heterocycles. The van der Waals surface area contributed by atoms with Crippen LogP contribution in [0.3, 0.4) is 0 Å². The molecule has 7 nitrogen and oxygen atoms in total. The summed E-state index contributed by atoms with van der Waals surface area (Å²) in [5.41, 5.74) is 4.54. The number of carbonyl (C=O) groups is 1. The Bertz CT molecular complexity index is 1380. The van der Waals surface area contributed by atoms with Gasteiger partial charge in [-0.15, -0.1) is 0 Å². The molecule has 0 spiro atoms. The standard InChI is InChI=1S/C22H17Cl2F3N6O/c1-13-16(20(24)33(31-13)11-14-6-8-15(23)9-7-14)10-28-30-19(34)12-32-18-5-3-2-4-17(18)29-21(32)22(25,26)27/h2-10H,11-12H2,1H3,(H,30,34). The maximum Gasteiger partial charge on any atom is 0.449 e. The SMILES string of the molecule is Cc1nn(Cc2ccc(Cl)cc2)c(Cl)c1C=NNC(=O)Cn1c(C(F)(F)F)nc2ccccc21. The molecule has 0 unspecified atom stereocenters. The van der Waals surface area contributed by atoms with Crippen LogP contribution in [-0.2, 0) is 24.1 Å². The highest BCUT2D eigenvalue weighted by molar-refractivity contribution is 6.32. The number of rotatable bonds is 6. The van der Waals surface area contributed by atoms with E-state index in [1.165, 1.54) is 18.3 Å². The van der Waals surface area contributed by atoms with Crippen LogP contribution >= 0.6 is 23.2 Å². The lowest BCUT2D eigenvalue weighted by Crippen LogP contribution is -2.26. The van der Waals surface area contributed by atoms with Gasteiger partial charge in [-0.05, 0) is 36.8 Å². The predicted octanol–water partition coefficient (Wildman–Crippen LogP) is 5.07. The molecular weight excluding hydrogens is 492 g/mol. The van der Waals surface area contributed by atoms with Gasteiger partial charge in [0.25, 0.3) is 5.91 Å². The number of aromatic nitrogens is 4. The minimum absolute atomic E-state index is 0.140. The molecule has 0 atom stereocenters. The fourth-order valence-corrected chi connectivity index (χ4v) is 3.79. The second-order valence-corrected chi connectivity index (χ2v) is 8.17. The molecule has 12 heteroatoms. The number of hydrogen-bond donors (Lipinski definition) is 1. The van der Waals surface area contributed by atoms with Crippen LogP contribution in [0.15, 0.2) is 53.6 Å². The summed E-state index contributed by atoms with van der Waals surface area (Å²) < 4.78 is 42.6. The first kappa shape index (κ1) is 23.8. The van der Waals surface area contributed by atoms with Crippen LogP contribution in [-0.4, -0.2) is 31.5 Å². The Balaban J connectivity index is 1.48. The number of carbonyl (C=O) groups excluding carboxylic acids is 1. The first-order valence-corrected chi connectivity index (χ1v) is 10.7. The van der Waals surface area contributed by atoms with Crippen molar-refractivity contribution in [2.24, 2.45) is 5.10 Å². The van der Waals surface area contributed by atoms with Gasteiger partial charge < -0.3 is 4.57 Å². The Morgan fingerprint density at radius 2 is 1.85 bits per heavy atom.